The Balaban J connectivity index is 1.80. The Morgan fingerprint density at radius 1 is 1.29 bits per heavy atom. The van der Waals surface area contributed by atoms with Crippen molar-refractivity contribution in [2.24, 2.45) is 0 Å². The molecule has 2 aromatic rings. The molecule has 1 aliphatic rings. The van der Waals surface area contributed by atoms with Gasteiger partial charge in [-0.1, -0.05) is 23.7 Å². The largest absolute Gasteiger partial charge is 0.381 e. The molecule has 0 atom stereocenters. The number of nitrogens with zero attached hydrogens (tertiary/aromatic N) is 1. The molecule has 4 nitrogen and oxygen atoms in total. The molecule has 1 aromatic carbocycles. The maximum Gasteiger partial charge on any atom is 0.180 e. The molecule has 0 unspecified atom stereocenters. The molecule has 2 heterocycles. The summed E-state index contributed by atoms with van der Waals surface area (Å²) in [5.41, 5.74) is 6.88. The lowest BCUT2D eigenvalue weighted by Gasteiger charge is -2.38. The molecule has 1 aliphatic heterocycles. The standard InChI is InChI=1S/C15H18ClN3OS/c16-12-3-1-11(2-4-12)15(5-7-20-8-6-15)19-10-13-9-18-14(17)21-13/h1-4,9,19H,5-8,10H2,(H2,17,18). The number of hydrogen-bond donors (Lipinski definition) is 2. The van der Waals surface area contributed by atoms with Crippen molar-refractivity contribution < 1.29 is 4.74 Å². The van der Waals surface area contributed by atoms with Crippen molar-refractivity contribution in [3.05, 3.63) is 45.9 Å². The molecule has 3 N–H and O–H groups in total. The van der Waals surface area contributed by atoms with Crippen molar-refractivity contribution >= 4 is 28.1 Å². The molecule has 0 amide bonds. The number of thiazole rings is 1. The topological polar surface area (TPSA) is 60.2 Å². The summed E-state index contributed by atoms with van der Waals surface area (Å²) in [6, 6.07) is 8.09. The van der Waals surface area contributed by atoms with Crippen molar-refractivity contribution in [1.29, 1.82) is 0 Å². The minimum Gasteiger partial charge on any atom is -0.381 e. The monoisotopic (exact) mass is 323 g/mol. The number of aromatic nitrogens is 1. The number of halogens is 1. The van der Waals surface area contributed by atoms with Crippen LogP contribution in [-0.2, 0) is 16.8 Å². The number of rotatable bonds is 4. The van der Waals surface area contributed by atoms with Crippen LogP contribution in [0.25, 0.3) is 0 Å². The number of ether oxygens (including phenoxy) is 1. The Morgan fingerprint density at radius 2 is 2.00 bits per heavy atom. The van der Waals surface area contributed by atoms with E-state index in [1.165, 1.54) is 16.9 Å². The molecule has 6 heteroatoms. The number of hydrogen-bond acceptors (Lipinski definition) is 5. The third-order valence-electron chi connectivity index (χ3n) is 3.92. The predicted molar refractivity (Wildman–Crippen MR) is 86.5 cm³/mol. The van der Waals surface area contributed by atoms with Crippen LogP contribution in [0.2, 0.25) is 5.02 Å². The average molecular weight is 324 g/mol. The minimum absolute atomic E-state index is 0.0679. The van der Waals surface area contributed by atoms with Crippen molar-refractivity contribution in [2.45, 2.75) is 24.9 Å². The number of benzene rings is 1. The Kier molecular flexibility index (Phi) is 4.45. The van der Waals surface area contributed by atoms with Crippen LogP contribution in [0.3, 0.4) is 0 Å². The van der Waals surface area contributed by atoms with Crippen molar-refractivity contribution in [3.63, 3.8) is 0 Å². The lowest BCUT2D eigenvalue weighted by Crippen LogP contribution is -2.46. The molecular weight excluding hydrogens is 306 g/mol. The highest BCUT2D eigenvalue weighted by molar-refractivity contribution is 7.15. The van der Waals surface area contributed by atoms with Crippen LogP contribution in [0.15, 0.2) is 30.5 Å². The number of nitrogen functional groups attached to an aromatic ring is 1. The van der Waals surface area contributed by atoms with Crippen LogP contribution in [0.4, 0.5) is 5.13 Å². The summed E-state index contributed by atoms with van der Waals surface area (Å²) in [6.07, 6.45) is 3.73. The zero-order chi connectivity index (χ0) is 14.7. The van der Waals surface area contributed by atoms with Gasteiger partial charge in [-0.25, -0.2) is 4.98 Å². The Morgan fingerprint density at radius 3 is 2.62 bits per heavy atom. The van der Waals surface area contributed by atoms with Gasteiger partial charge in [0, 0.05) is 41.4 Å². The smallest absolute Gasteiger partial charge is 0.180 e. The van der Waals surface area contributed by atoms with E-state index in [2.05, 4.69) is 22.4 Å². The van der Waals surface area contributed by atoms with E-state index in [1.807, 2.05) is 18.3 Å². The van der Waals surface area contributed by atoms with Crippen LogP contribution in [0, 0.1) is 0 Å². The van der Waals surface area contributed by atoms with Crippen LogP contribution >= 0.6 is 22.9 Å². The van der Waals surface area contributed by atoms with E-state index in [-0.39, 0.29) is 5.54 Å². The Labute approximate surface area is 133 Å². The van der Waals surface area contributed by atoms with E-state index in [9.17, 15) is 0 Å². The van der Waals surface area contributed by atoms with Gasteiger partial charge in [-0.2, -0.15) is 0 Å². The number of nitrogens with two attached hydrogens (primary N) is 1. The van der Waals surface area contributed by atoms with Crippen LogP contribution in [0.1, 0.15) is 23.3 Å². The van der Waals surface area contributed by atoms with Gasteiger partial charge in [0.2, 0.25) is 0 Å². The van der Waals surface area contributed by atoms with E-state index in [1.54, 1.807) is 0 Å². The van der Waals surface area contributed by atoms with Gasteiger partial charge in [0.05, 0.1) is 0 Å². The second kappa shape index (κ2) is 6.32. The summed E-state index contributed by atoms with van der Waals surface area (Å²) in [7, 11) is 0. The minimum atomic E-state index is -0.0679. The Bertz CT molecular complexity index is 593. The number of anilines is 1. The molecule has 0 radical (unpaired) electrons. The fourth-order valence-corrected chi connectivity index (χ4v) is 3.47. The first-order chi connectivity index (χ1) is 10.2. The first kappa shape index (κ1) is 14.8. The van der Waals surface area contributed by atoms with Crippen LogP contribution in [-0.4, -0.2) is 18.2 Å². The third kappa shape index (κ3) is 3.37. The summed E-state index contributed by atoms with van der Waals surface area (Å²) < 4.78 is 5.53. The molecule has 0 saturated carbocycles. The normalized spacial score (nSPS) is 17.8. The third-order valence-corrected chi connectivity index (χ3v) is 4.99. The van der Waals surface area contributed by atoms with E-state index in [0.29, 0.717) is 5.13 Å². The molecule has 1 fully saturated rings. The second-order valence-electron chi connectivity index (χ2n) is 5.22. The van der Waals surface area contributed by atoms with Gasteiger partial charge in [0.1, 0.15) is 0 Å². The quantitative estimate of drug-likeness (QED) is 0.907. The van der Waals surface area contributed by atoms with Crippen molar-refractivity contribution in [2.75, 3.05) is 18.9 Å². The molecule has 1 aromatic heterocycles. The van der Waals surface area contributed by atoms with Gasteiger partial charge in [-0.05, 0) is 30.5 Å². The first-order valence-corrected chi connectivity index (χ1v) is 8.16. The van der Waals surface area contributed by atoms with Crippen LogP contribution < -0.4 is 11.1 Å². The lowest BCUT2D eigenvalue weighted by atomic mass is 9.82. The van der Waals surface area contributed by atoms with E-state index in [4.69, 9.17) is 22.1 Å². The van der Waals surface area contributed by atoms with Gasteiger partial charge in [-0.15, -0.1) is 11.3 Å². The van der Waals surface area contributed by atoms with Gasteiger partial charge in [-0.3, -0.25) is 0 Å². The Hall–Kier alpha value is -1.14. The molecule has 1 saturated heterocycles. The highest BCUT2D eigenvalue weighted by Crippen LogP contribution is 2.33. The summed E-state index contributed by atoms with van der Waals surface area (Å²) in [5, 5.41) is 5.06. The maximum atomic E-state index is 6.01. The molecule has 21 heavy (non-hydrogen) atoms. The van der Waals surface area contributed by atoms with Gasteiger partial charge < -0.3 is 15.8 Å². The predicted octanol–water partition coefficient (Wildman–Crippen LogP) is 3.17. The lowest BCUT2D eigenvalue weighted by molar-refractivity contribution is 0.0359. The zero-order valence-corrected chi connectivity index (χ0v) is 13.2. The summed E-state index contributed by atoms with van der Waals surface area (Å²) >= 11 is 7.53. The highest BCUT2D eigenvalue weighted by Gasteiger charge is 2.33. The molecule has 0 aliphatic carbocycles. The summed E-state index contributed by atoms with van der Waals surface area (Å²) in [6.45, 7) is 2.29. The number of nitrogens with one attached hydrogen (secondary N) is 1. The maximum absolute atomic E-state index is 6.01. The van der Waals surface area contributed by atoms with Gasteiger partial charge >= 0.3 is 0 Å². The summed E-state index contributed by atoms with van der Waals surface area (Å²) in [5.74, 6) is 0. The second-order valence-corrected chi connectivity index (χ2v) is 6.80. The van der Waals surface area contributed by atoms with E-state index in [0.717, 1.165) is 42.5 Å². The summed E-state index contributed by atoms with van der Waals surface area (Å²) in [4.78, 5) is 5.25. The fraction of sp³-hybridized carbons (Fsp3) is 0.400. The fourth-order valence-electron chi connectivity index (χ4n) is 2.72. The van der Waals surface area contributed by atoms with E-state index < -0.39 is 0 Å². The SMILES string of the molecule is Nc1ncc(CNC2(c3ccc(Cl)cc3)CCOCC2)s1. The van der Waals surface area contributed by atoms with Crippen LogP contribution in [0.5, 0.6) is 0 Å². The first-order valence-electron chi connectivity index (χ1n) is 6.97. The molecule has 0 spiro atoms. The molecule has 112 valence electrons. The molecular formula is C15H18ClN3OS. The van der Waals surface area contributed by atoms with Gasteiger partial charge in [0.15, 0.2) is 5.13 Å². The highest BCUT2D eigenvalue weighted by atomic mass is 35.5. The zero-order valence-electron chi connectivity index (χ0n) is 11.6. The average Bonchev–Trinajstić information content (AvgIpc) is 2.92. The van der Waals surface area contributed by atoms with Crippen molar-refractivity contribution in [3.8, 4) is 0 Å². The van der Waals surface area contributed by atoms with Gasteiger partial charge in [0.25, 0.3) is 0 Å². The molecule has 0 bridgehead atoms. The molecule has 3 rings (SSSR count). The van der Waals surface area contributed by atoms with E-state index >= 15 is 0 Å². The van der Waals surface area contributed by atoms with Crippen molar-refractivity contribution in [1.82, 2.24) is 10.3 Å².